The average Bonchev–Trinajstić information content (AvgIpc) is 3.16. The zero-order valence-corrected chi connectivity index (χ0v) is 13.9. The third kappa shape index (κ3) is 3.29. The molecule has 0 saturated heterocycles. The van der Waals surface area contributed by atoms with Crippen LogP contribution in [0.3, 0.4) is 0 Å². The predicted octanol–water partition coefficient (Wildman–Crippen LogP) is 3.56. The van der Waals surface area contributed by atoms with Crippen LogP contribution in [0.25, 0.3) is 11.3 Å². The van der Waals surface area contributed by atoms with Gasteiger partial charge in [0.15, 0.2) is 0 Å². The van der Waals surface area contributed by atoms with Crippen LogP contribution in [-0.4, -0.2) is 15.9 Å². The van der Waals surface area contributed by atoms with Crippen molar-refractivity contribution in [2.24, 2.45) is 0 Å². The average molecular weight is 329 g/mol. The van der Waals surface area contributed by atoms with E-state index < -0.39 is 0 Å². The first-order valence-electron chi connectivity index (χ1n) is 8.56. The minimum Gasteiger partial charge on any atom is -0.347 e. The summed E-state index contributed by atoms with van der Waals surface area (Å²) < 4.78 is 0. The van der Waals surface area contributed by atoms with Crippen molar-refractivity contribution in [2.75, 3.05) is 0 Å². The van der Waals surface area contributed by atoms with Gasteiger partial charge in [-0.15, -0.1) is 0 Å². The van der Waals surface area contributed by atoms with Crippen LogP contribution in [0.1, 0.15) is 33.6 Å². The predicted molar refractivity (Wildman–Crippen MR) is 97.1 cm³/mol. The highest BCUT2D eigenvalue weighted by atomic mass is 16.1. The maximum Gasteiger partial charge on any atom is 0.270 e. The highest BCUT2D eigenvalue weighted by Gasteiger charge is 2.16. The summed E-state index contributed by atoms with van der Waals surface area (Å²) >= 11 is 0. The molecule has 0 spiro atoms. The summed E-state index contributed by atoms with van der Waals surface area (Å²) in [4.78, 5) is 21.3. The van der Waals surface area contributed by atoms with E-state index in [1.807, 2.05) is 54.9 Å². The molecule has 0 atom stereocenters. The monoisotopic (exact) mass is 329 g/mol. The highest BCUT2D eigenvalue weighted by molar-refractivity contribution is 5.92. The molecule has 4 nitrogen and oxygen atoms in total. The van der Waals surface area contributed by atoms with E-state index in [2.05, 4.69) is 15.3 Å². The summed E-state index contributed by atoms with van der Waals surface area (Å²) in [6, 6.07) is 15.4. The number of pyridine rings is 2. The lowest BCUT2D eigenvalue weighted by molar-refractivity contribution is 0.0946. The van der Waals surface area contributed by atoms with Crippen LogP contribution in [0.15, 0.2) is 60.9 Å². The Morgan fingerprint density at radius 2 is 1.88 bits per heavy atom. The van der Waals surface area contributed by atoms with E-state index in [4.69, 9.17) is 0 Å². The van der Waals surface area contributed by atoms with E-state index in [0.29, 0.717) is 12.2 Å². The SMILES string of the molecule is O=C(NCc1cncc2c1CCC2)c1cccc(-c2ccccc2)n1. The molecule has 3 aromatic rings. The lowest BCUT2D eigenvalue weighted by atomic mass is 10.1. The number of hydrogen-bond acceptors (Lipinski definition) is 3. The van der Waals surface area contributed by atoms with Gasteiger partial charge in [0.2, 0.25) is 0 Å². The molecular formula is C21H19N3O. The summed E-state index contributed by atoms with van der Waals surface area (Å²) in [6.45, 7) is 0.492. The number of carbonyl (C=O) groups excluding carboxylic acids is 1. The largest absolute Gasteiger partial charge is 0.347 e. The molecule has 0 radical (unpaired) electrons. The number of aromatic nitrogens is 2. The molecule has 4 heteroatoms. The topological polar surface area (TPSA) is 54.9 Å². The normalized spacial score (nSPS) is 12.6. The molecule has 0 fully saturated rings. The zero-order chi connectivity index (χ0) is 17.1. The van der Waals surface area contributed by atoms with E-state index in [0.717, 1.165) is 29.7 Å². The fraction of sp³-hybridized carbons (Fsp3) is 0.190. The maximum atomic E-state index is 12.5. The second-order valence-electron chi connectivity index (χ2n) is 6.25. The van der Waals surface area contributed by atoms with Crippen LogP contribution < -0.4 is 5.32 Å². The summed E-state index contributed by atoms with van der Waals surface area (Å²) in [5, 5.41) is 2.98. The van der Waals surface area contributed by atoms with E-state index in [1.54, 1.807) is 6.07 Å². The Kier molecular flexibility index (Phi) is 4.25. The van der Waals surface area contributed by atoms with Crippen molar-refractivity contribution in [2.45, 2.75) is 25.8 Å². The van der Waals surface area contributed by atoms with E-state index in [9.17, 15) is 4.79 Å². The number of nitrogens with one attached hydrogen (secondary N) is 1. The van der Waals surface area contributed by atoms with Gasteiger partial charge in [-0.25, -0.2) is 4.98 Å². The Hall–Kier alpha value is -3.01. The van der Waals surface area contributed by atoms with Gasteiger partial charge >= 0.3 is 0 Å². The molecular weight excluding hydrogens is 310 g/mol. The van der Waals surface area contributed by atoms with Gasteiger partial charge in [0.25, 0.3) is 5.91 Å². The molecule has 1 aliphatic carbocycles. The Morgan fingerprint density at radius 1 is 1.00 bits per heavy atom. The van der Waals surface area contributed by atoms with Crippen molar-refractivity contribution in [3.05, 3.63) is 83.3 Å². The van der Waals surface area contributed by atoms with Crippen LogP contribution in [0.4, 0.5) is 0 Å². The molecule has 1 amide bonds. The first-order valence-corrected chi connectivity index (χ1v) is 8.56. The van der Waals surface area contributed by atoms with Crippen molar-refractivity contribution >= 4 is 5.91 Å². The molecule has 2 heterocycles. The van der Waals surface area contributed by atoms with E-state index >= 15 is 0 Å². The zero-order valence-electron chi connectivity index (χ0n) is 13.9. The maximum absolute atomic E-state index is 12.5. The standard InChI is InChI=1S/C21H19N3O/c25-21(23-14-17-13-22-12-16-8-4-9-18(16)17)20-11-5-10-19(24-20)15-6-2-1-3-7-15/h1-3,5-7,10-13H,4,8-9,14H2,(H,23,25). The van der Waals surface area contributed by atoms with Crippen LogP contribution >= 0.6 is 0 Å². The van der Waals surface area contributed by atoms with Gasteiger partial charge in [-0.2, -0.15) is 0 Å². The van der Waals surface area contributed by atoms with Gasteiger partial charge in [0.05, 0.1) is 5.69 Å². The molecule has 2 aromatic heterocycles. The second-order valence-corrected chi connectivity index (χ2v) is 6.25. The Morgan fingerprint density at radius 3 is 2.76 bits per heavy atom. The van der Waals surface area contributed by atoms with Gasteiger partial charge in [0.1, 0.15) is 5.69 Å². The number of hydrogen-bond donors (Lipinski definition) is 1. The molecule has 0 bridgehead atoms. The number of benzene rings is 1. The Labute approximate surface area is 147 Å². The molecule has 1 aromatic carbocycles. The van der Waals surface area contributed by atoms with Gasteiger partial charge < -0.3 is 5.32 Å². The number of carbonyl (C=O) groups is 1. The smallest absolute Gasteiger partial charge is 0.270 e. The van der Waals surface area contributed by atoms with Crippen LogP contribution in [0, 0.1) is 0 Å². The molecule has 25 heavy (non-hydrogen) atoms. The number of aryl methyl sites for hydroxylation is 1. The third-order valence-corrected chi connectivity index (χ3v) is 4.60. The van der Waals surface area contributed by atoms with Crippen molar-refractivity contribution in [1.29, 1.82) is 0 Å². The number of rotatable bonds is 4. The molecule has 0 saturated carbocycles. The fourth-order valence-electron chi connectivity index (χ4n) is 3.32. The molecule has 0 unspecified atom stereocenters. The fourth-order valence-corrected chi connectivity index (χ4v) is 3.32. The molecule has 1 aliphatic rings. The number of nitrogens with zero attached hydrogens (tertiary/aromatic N) is 2. The first kappa shape index (κ1) is 15.5. The van der Waals surface area contributed by atoms with Crippen molar-refractivity contribution in [3.8, 4) is 11.3 Å². The van der Waals surface area contributed by atoms with Crippen LogP contribution in [0.2, 0.25) is 0 Å². The van der Waals surface area contributed by atoms with Crippen molar-refractivity contribution in [3.63, 3.8) is 0 Å². The Balaban J connectivity index is 1.50. The number of fused-ring (bicyclic) bond motifs is 1. The van der Waals surface area contributed by atoms with Crippen LogP contribution in [-0.2, 0) is 19.4 Å². The van der Waals surface area contributed by atoms with Crippen molar-refractivity contribution < 1.29 is 4.79 Å². The van der Waals surface area contributed by atoms with Gasteiger partial charge in [-0.3, -0.25) is 9.78 Å². The summed E-state index contributed by atoms with van der Waals surface area (Å²) in [7, 11) is 0. The van der Waals surface area contributed by atoms with E-state index in [-0.39, 0.29) is 5.91 Å². The quantitative estimate of drug-likeness (QED) is 0.796. The summed E-state index contributed by atoms with van der Waals surface area (Å²) in [5.74, 6) is -0.159. The second kappa shape index (κ2) is 6.85. The minimum absolute atomic E-state index is 0.159. The van der Waals surface area contributed by atoms with E-state index in [1.165, 1.54) is 17.5 Å². The molecule has 1 N–H and O–H groups in total. The summed E-state index contributed by atoms with van der Waals surface area (Å²) in [5.41, 5.74) is 6.01. The molecule has 4 rings (SSSR count). The highest BCUT2D eigenvalue weighted by Crippen LogP contribution is 2.24. The third-order valence-electron chi connectivity index (χ3n) is 4.60. The molecule has 0 aliphatic heterocycles. The van der Waals surface area contributed by atoms with Gasteiger partial charge in [-0.1, -0.05) is 36.4 Å². The summed E-state index contributed by atoms with van der Waals surface area (Å²) in [6.07, 6.45) is 7.13. The Bertz CT molecular complexity index is 906. The van der Waals surface area contributed by atoms with Crippen LogP contribution in [0.5, 0.6) is 0 Å². The minimum atomic E-state index is -0.159. The lowest BCUT2D eigenvalue weighted by Crippen LogP contribution is -2.24. The lowest BCUT2D eigenvalue weighted by Gasteiger charge is -2.10. The van der Waals surface area contributed by atoms with Gasteiger partial charge in [0, 0.05) is 24.5 Å². The molecule has 124 valence electrons. The van der Waals surface area contributed by atoms with Crippen molar-refractivity contribution in [1.82, 2.24) is 15.3 Å². The van der Waals surface area contributed by atoms with Gasteiger partial charge in [-0.05, 0) is 48.1 Å². The number of amides is 1. The first-order chi connectivity index (χ1) is 12.3.